The number of nitrogens with zero attached hydrogens (tertiary/aromatic N) is 1. The predicted octanol–water partition coefficient (Wildman–Crippen LogP) is 1.39. The van der Waals surface area contributed by atoms with Crippen LogP contribution in [0.4, 0.5) is 0 Å². The van der Waals surface area contributed by atoms with E-state index in [2.05, 4.69) is 36.2 Å². The molecule has 5 heteroatoms. The molecule has 0 unspecified atom stereocenters. The summed E-state index contributed by atoms with van der Waals surface area (Å²) >= 11 is 0. The third-order valence-corrected chi connectivity index (χ3v) is 2.69. The van der Waals surface area contributed by atoms with Crippen LogP contribution in [0.5, 0.6) is 0 Å². The first-order chi connectivity index (χ1) is 8.99. The molecule has 19 heavy (non-hydrogen) atoms. The first-order valence-electron chi connectivity index (χ1n) is 5.88. The van der Waals surface area contributed by atoms with Crippen molar-refractivity contribution < 1.29 is 19.8 Å². The Bertz CT molecular complexity index is 466. The fraction of sp³-hybridized carbons (Fsp3) is 0.286. The van der Waals surface area contributed by atoms with Crippen LogP contribution in [0.25, 0.3) is 0 Å². The van der Waals surface area contributed by atoms with Crippen molar-refractivity contribution in [2.75, 3.05) is 13.6 Å². The van der Waals surface area contributed by atoms with E-state index in [0.717, 1.165) is 6.54 Å². The monoisotopic (exact) mass is 263 g/mol. The Morgan fingerprint density at radius 1 is 1.11 bits per heavy atom. The molecule has 1 aromatic carbocycles. The third kappa shape index (κ3) is 5.83. The summed E-state index contributed by atoms with van der Waals surface area (Å²) in [6.07, 6.45) is 2.33. The first-order valence-corrected chi connectivity index (χ1v) is 5.88. The molecule has 1 aromatic rings. The Morgan fingerprint density at radius 2 is 1.63 bits per heavy atom. The van der Waals surface area contributed by atoms with Crippen molar-refractivity contribution in [2.24, 2.45) is 0 Å². The Kier molecular flexibility index (Phi) is 5.75. The first kappa shape index (κ1) is 14.9. The molecule has 0 amide bonds. The normalized spacial score (nSPS) is 14.4. The molecule has 0 aromatic heterocycles. The largest absolute Gasteiger partial charge is 0.478 e. The van der Waals surface area contributed by atoms with Gasteiger partial charge >= 0.3 is 11.9 Å². The van der Waals surface area contributed by atoms with Crippen molar-refractivity contribution in [1.82, 2.24) is 4.90 Å². The molecule has 0 fully saturated rings. The maximum absolute atomic E-state index is 9.55. The van der Waals surface area contributed by atoms with Crippen LogP contribution in [0.3, 0.4) is 0 Å². The van der Waals surface area contributed by atoms with Gasteiger partial charge in [-0.1, -0.05) is 24.3 Å². The van der Waals surface area contributed by atoms with E-state index in [1.54, 1.807) is 0 Å². The van der Waals surface area contributed by atoms with Crippen molar-refractivity contribution >= 4 is 11.9 Å². The van der Waals surface area contributed by atoms with E-state index in [9.17, 15) is 9.59 Å². The molecule has 0 bridgehead atoms. The number of hydrogen-bond acceptors (Lipinski definition) is 3. The molecule has 0 atom stereocenters. The molecular formula is C14H17NO4. The number of benzene rings is 1. The van der Waals surface area contributed by atoms with E-state index in [4.69, 9.17) is 10.2 Å². The summed E-state index contributed by atoms with van der Waals surface area (Å²) in [5.41, 5.74) is 3.03. The number of carbonyl (C=O) groups is 2. The third-order valence-electron chi connectivity index (χ3n) is 2.69. The van der Waals surface area contributed by atoms with Gasteiger partial charge in [-0.3, -0.25) is 0 Å². The molecule has 0 aliphatic carbocycles. The van der Waals surface area contributed by atoms with Gasteiger partial charge in [-0.15, -0.1) is 0 Å². The summed E-state index contributed by atoms with van der Waals surface area (Å²) in [7, 11) is 2.18. The van der Waals surface area contributed by atoms with Crippen LogP contribution in [-0.4, -0.2) is 40.6 Å². The minimum absolute atomic E-state index is 0.558. The van der Waals surface area contributed by atoms with Crippen LogP contribution in [0.1, 0.15) is 11.1 Å². The lowest BCUT2D eigenvalue weighted by Crippen LogP contribution is -2.26. The quantitative estimate of drug-likeness (QED) is 0.788. The Morgan fingerprint density at radius 3 is 2.16 bits per heavy atom. The predicted molar refractivity (Wildman–Crippen MR) is 70.9 cm³/mol. The molecule has 0 radical (unpaired) electrons. The standard InChI is InChI=1S/C10H13N.C4H4O4/c1-11-7-6-9-4-2-3-5-10(9)8-11;5-3(6)1-2-4(7)8/h2-5H,6-8H2,1H3;1-2H,(H,5,6)(H,7,8)/b;2-1-. The maximum Gasteiger partial charge on any atom is 0.328 e. The van der Waals surface area contributed by atoms with Crippen LogP contribution in [-0.2, 0) is 22.6 Å². The minimum atomic E-state index is -1.26. The molecule has 0 spiro atoms. The van der Waals surface area contributed by atoms with E-state index in [-0.39, 0.29) is 0 Å². The van der Waals surface area contributed by atoms with Crippen LogP contribution in [0.2, 0.25) is 0 Å². The highest BCUT2D eigenvalue weighted by molar-refractivity contribution is 5.89. The topological polar surface area (TPSA) is 77.8 Å². The fourth-order valence-electron chi connectivity index (χ4n) is 1.78. The van der Waals surface area contributed by atoms with Crippen LogP contribution in [0.15, 0.2) is 36.4 Å². The van der Waals surface area contributed by atoms with Gasteiger partial charge in [0.15, 0.2) is 0 Å². The van der Waals surface area contributed by atoms with Crippen LogP contribution in [0, 0.1) is 0 Å². The molecule has 0 saturated carbocycles. The van der Waals surface area contributed by atoms with Crippen LogP contribution >= 0.6 is 0 Å². The van der Waals surface area contributed by atoms with Gasteiger partial charge < -0.3 is 15.1 Å². The highest BCUT2D eigenvalue weighted by Gasteiger charge is 2.10. The van der Waals surface area contributed by atoms with E-state index in [0.29, 0.717) is 12.2 Å². The van der Waals surface area contributed by atoms with Crippen molar-refractivity contribution in [3.63, 3.8) is 0 Å². The molecule has 2 rings (SSSR count). The average molecular weight is 263 g/mol. The lowest BCUT2D eigenvalue weighted by atomic mass is 10.0. The SMILES string of the molecule is CN1CCc2ccccc2C1.O=C(O)/C=C\C(=O)O. The van der Waals surface area contributed by atoms with Crippen molar-refractivity contribution in [3.8, 4) is 0 Å². The number of aliphatic carboxylic acids is 2. The number of rotatable bonds is 2. The summed E-state index contributed by atoms with van der Waals surface area (Å²) in [4.78, 5) is 21.5. The minimum Gasteiger partial charge on any atom is -0.478 e. The van der Waals surface area contributed by atoms with Gasteiger partial charge in [0.1, 0.15) is 0 Å². The number of fused-ring (bicyclic) bond motifs is 1. The molecule has 1 aliphatic heterocycles. The zero-order valence-corrected chi connectivity index (χ0v) is 10.7. The molecular weight excluding hydrogens is 246 g/mol. The lowest BCUT2D eigenvalue weighted by molar-refractivity contribution is -0.134. The van der Waals surface area contributed by atoms with Crippen molar-refractivity contribution in [1.29, 1.82) is 0 Å². The summed E-state index contributed by atoms with van der Waals surface area (Å²) in [5.74, 6) is -2.51. The van der Waals surface area contributed by atoms with Gasteiger partial charge in [0, 0.05) is 25.2 Å². The summed E-state index contributed by atoms with van der Waals surface area (Å²) in [6, 6.07) is 8.72. The zero-order valence-electron chi connectivity index (χ0n) is 10.7. The van der Waals surface area contributed by atoms with E-state index in [1.165, 1.54) is 24.1 Å². The average Bonchev–Trinajstić information content (AvgIpc) is 2.37. The second-order valence-electron chi connectivity index (χ2n) is 4.27. The highest BCUT2D eigenvalue weighted by Crippen LogP contribution is 2.16. The number of likely N-dealkylation sites (N-methyl/N-ethyl adjacent to an activating group) is 1. The number of carboxylic acids is 2. The van der Waals surface area contributed by atoms with Gasteiger partial charge in [0.05, 0.1) is 0 Å². The second-order valence-corrected chi connectivity index (χ2v) is 4.27. The molecule has 102 valence electrons. The van der Waals surface area contributed by atoms with Crippen LogP contribution < -0.4 is 0 Å². The smallest absolute Gasteiger partial charge is 0.328 e. The Balaban J connectivity index is 0.000000203. The van der Waals surface area contributed by atoms with Crippen molar-refractivity contribution in [2.45, 2.75) is 13.0 Å². The molecule has 5 nitrogen and oxygen atoms in total. The summed E-state index contributed by atoms with van der Waals surface area (Å²) in [5, 5.41) is 15.6. The van der Waals surface area contributed by atoms with Gasteiger partial charge in [0.2, 0.25) is 0 Å². The Hall–Kier alpha value is -2.14. The summed E-state index contributed by atoms with van der Waals surface area (Å²) in [6.45, 7) is 2.33. The van der Waals surface area contributed by atoms with Gasteiger partial charge in [-0.05, 0) is 24.6 Å². The van der Waals surface area contributed by atoms with Gasteiger partial charge in [-0.2, -0.15) is 0 Å². The number of carboxylic acid groups (broad SMARTS) is 2. The van der Waals surface area contributed by atoms with E-state index < -0.39 is 11.9 Å². The van der Waals surface area contributed by atoms with Gasteiger partial charge in [-0.25, -0.2) is 9.59 Å². The Labute approximate surface area is 111 Å². The second kappa shape index (κ2) is 7.33. The molecule has 2 N–H and O–H groups in total. The number of hydrogen-bond donors (Lipinski definition) is 2. The fourth-order valence-corrected chi connectivity index (χ4v) is 1.78. The molecule has 1 heterocycles. The highest BCUT2D eigenvalue weighted by atomic mass is 16.4. The van der Waals surface area contributed by atoms with E-state index in [1.807, 2.05) is 0 Å². The van der Waals surface area contributed by atoms with Crippen molar-refractivity contribution in [3.05, 3.63) is 47.5 Å². The lowest BCUT2D eigenvalue weighted by Gasteiger charge is -2.24. The zero-order chi connectivity index (χ0) is 14.3. The maximum atomic E-state index is 9.55. The molecule has 0 saturated heterocycles. The molecule has 1 aliphatic rings. The van der Waals surface area contributed by atoms with E-state index >= 15 is 0 Å². The van der Waals surface area contributed by atoms with Gasteiger partial charge in [0.25, 0.3) is 0 Å². The summed E-state index contributed by atoms with van der Waals surface area (Å²) < 4.78 is 0.